The highest BCUT2D eigenvalue weighted by Crippen LogP contribution is 2.35. The summed E-state index contributed by atoms with van der Waals surface area (Å²) < 4.78 is 33.2. The summed E-state index contributed by atoms with van der Waals surface area (Å²) in [6, 6.07) is 11.4. The van der Waals surface area contributed by atoms with Gasteiger partial charge in [-0.2, -0.15) is 0 Å². The van der Waals surface area contributed by atoms with Crippen molar-refractivity contribution < 1.29 is 54.0 Å². The van der Waals surface area contributed by atoms with Crippen LogP contribution in [-0.2, 0) is 14.2 Å². The largest absolute Gasteiger partial charge is 0.504 e. The van der Waals surface area contributed by atoms with Crippen LogP contribution in [-0.4, -0.2) is 96.9 Å². The van der Waals surface area contributed by atoms with Gasteiger partial charge in [0.2, 0.25) is 0 Å². The standard InChI is InChI=1S/C24H32O11/c1-30-15-6-4-5-7-16(15)34-18(11-25)23(13-8-9-14(26)17(10-13)31-2)33-12-19-20(27)21(28)22(29)24(32-3)35-19/h4-10,18-29H,11-12H2,1-3H3/t18-,19+,20-,21-,22+,23-,24-/m0/s1. The van der Waals surface area contributed by atoms with Crippen molar-refractivity contribution in [3.63, 3.8) is 0 Å². The van der Waals surface area contributed by atoms with Crippen LogP contribution in [0.15, 0.2) is 42.5 Å². The Morgan fingerprint density at radius 3 is 2.20 bits per heavy atom. The molecule has 194 valence electrons. The highest BCUT2D eigenvalue weighted by molar-refractivity contribution is 5.43. The first-order valence-corrected chi connectivity index (χ1v) is 11.0. The van der Waals surface area contributed by atoms with Crippen molar-refractivity contribution in [2.45, 2.75) is 42.9 Å². The van der Waals surface area contributed by atoms with Gasteiger partial charge in [-0.05, 0) is 29.8 Å². The van der Waals surface area contributed by atoms with Crippen LogP contribution in [0.3, 0.4) is 0 Å². The number of hydrogen-bond donors (Lipinski definition) is 5. The van der Waals surface area contributed by atoms with Gasteiger partial charge in [-0.15, -0.1) is 0 Å². The highest BCUT2D eigenvalue weighted by atomic mass is 16.7. The Kier molecular flexibility index (Phi) is 9.52. The van der Waals surface area contributed by atoms with Crippen molar-refractivity contribution in [1.82, 2.24) is 0 Å². The molecular weight excluding hydrogens is 464 g/mol. The fourth-order valence-corrected chi connectivity index (χ4v) is 3.81. The third-order valence-electron chi connectivity index (χ3n) is 5.74. The molecule has 2 aromatic carbocycles. The first-order chi connectivity index (χ1) is 16.8. The first kappa shape index (κ1) is 27.0. The van der Waals surface area contributed by atoms with E-state index < -0.39 is 49.5 Å². The molecule has 0 unspecified atom stereocenters. The zero-order valence-corrected chi connectivity index (χ0v) is 19.7. The number of aromatic hydroxyl groups is 1. The summed E-state index contributed by atoms with van der Waals surface area (Å²) in [5.74, 6) is 0.892. The van der Waals surface area contributed by atoms with E-state index >= 15 is 0 Å². The van der Waals surface area contributed by atoms with Gasteiger partial charge in [-0.3, -0.25) is 0 Å². The maximum atomic E-state index is 10.4. The smallest absolute Gasteiger partial charge is 0.186 e. The number of para-hydroxylation sites is 2. The van der Waals surface area contributed by atoms with Crippen molar-refractivity contribution in [3.8, 4) is 23.0 Å². The minimum atomic E-state index is -1.52. The summed E-state index contributed by atoms with van der Waals surface area (Å²) in [5, 5.41) is 50.8. The fraction of sp³-hybridized carbons (Fsp3) is 0.500. The lowest BCUT2D eigenvalue weighted by molar-refractivity contribution is -0.299. The number of phenolic OH excluding ortho intramolecular Hbond substituents is 1. The van der Waals surface area contributed by atoms with Crippen molar-refractivity contribution in [3.05, 3.63) is 48.0 Å². The van der Waals surface area contributed by atoms with E-state index in [1.54, 1.807) is 30.3 Å². The Labute approximate surface area is 203 Å². The molecule has 1 aliphatic rings. The van der Waals surface area contributed by atoms with Crippen molar-refractivity contribution >= 4 is 0 Å². The monoisotopic (exact) mass is 496 g/mol. The summed E-state index contributed by atoms with van der Waals surface area (Å²) in [6.45, 7) is -0.730. The van der Waals surface area contributed by atoms with Crippen LogP contribution in [0, 0.1) is 0 Å². The summed E-state index contributed by atoms with van der Waals surface area (Å²) in [7, 11) is 4.18. The summed E-state index contributed by atoms with van der Waals surface area (Å²) >= 11 is 0. The minimum absolute atomic E-state index is 0.0905. The van der Waals surface area contributed by atoms with Crippen LogP contribution in [0.25, 0.3) is 0 Å². The summed E-state index contributed by atoms with van der Waals surface area (Å²) in [5.41, 5.74) is 0.489. The second kappa shape index (κ2) is 12.4. The molecule has 0 aromatic heterocycles. The van der Waals surface area contributed by atoms with Gasteiger partial charge in [-0.25, -0.2) is 0 Å². The topological polar surface area (TPSA) is 157 Å². The van der Waals surface area contributed by atoms with Gasteiger partial charge >= 0.3 is 0 Å². The molecule has 1 saturated heterocycles. The van der Waals surface area contributed by atoms with Crippen LogP contribution in [0.1, 0.15) is 11.7 Å². The van der Waals surface area contributed by atoms with Gasteiger partial charge < -0.3 is 54.0 Å². The zero-order valence-electron chi connectivity index (χ0n) is 19.7. The molecule has 0 radical (unpaired) electrons. The third kappa shape index (κ3) is 6.14. The van der Waals surface area contributed by atoms with Crippen LogP contribution in [0.2, 0.25) is 0 Å². The van der Waals surface area contributed by atoms with Gasteiger partial charge in [0.05, 0.1) is 27.4 Å². The Morgan fingerprint density at radius 2 is 1.57 bits per heavy atom. The molecule has 0 amide bonds. The van der Waals surface area contributed by atoms with E-state index in [4.69, 9.17) is 28.4 Å². The molecule has 3 rings (SSSR count). The Balaban J connectivity index is 1.89. The normalized spacial score (nSPS) is 26.1. The van der Waals surface area contributed by atoms with E-state index in [0.29, 0.717) is 17.1 Å². The Bertz CT molecular complexity index is 937. The third-order valence-corrected chi connectivity index (χ3v) is 5.74. The zero-order chi connectivity index (χ0) is 25.5. The van der Waals surface area contributed by atoms with E-state index in [1.165, 1.54) is 33.5 Å². The van der Waals surface area contributed by atoms with Crippen LogP contribution < -0.4 is 14.2 Å². The van der Waals surface area contributed by atoms with Crippen LogP contribution in [0.4, 0.5) is 0 Å². The van der Waals surface area contributed by atoms with E-state index in [2.05, 4.69) is 0 Å². The number of methoxy groups -OCH3 is 3. The molecule has 1 fully saturated rings. The van der Waals surface area contributed by atoms with Gasteiger partial charge in [0.15, 0.2) is 35.4 Å². The highest BCUT2D eigenvalue weighted by Gasteiger charge is 2.44. The number of hydrogen-bond acceptors (Lipinski definition) is 11. The molecule has 11 nitrogen and oxygen atoms in total. The SMILES string of the molecule is COc1cc([C@H](OC[C@H]2O[C@H](OC)[C@H](O)[C@@H](O)[C@H]2O)[C@H](CO)Oc2ccccc2OC)ccc1O. The molecule has 5 N–H and O–H groups in total. The molecule has 7 atom stereocenters. The first-order valence-electron chi connectivity index (χ1n) is 11.0. The molecule has 0 spiro atoms. The van der Waals surface area contributed by atoms with Crippen molar-refractivity contribution in [2.75, 3.05) is 34.5 Å². The number of aliphatic hydroxyl groups excluding tert-OH is 4. The van der Waals surface area contributed by atoms with E-state index in [1.807, 2.05) is 0 Å². The van der Waals surface area contributed by atoms with Crippen LogP contribution in [0.5, 0.6) is 23.0 Å². The number of aliphatic hydroxyl groups is 4. The number of phenols is 1. The molecule has 0 bridgehead atoms. The summed E-state index contributed by atoms with van der Waals surface area (Å²) in [4.78, 5) is 0. The van der Waals surface area contributed by atoms with Gasteiger partial charge in [0.1, 0.15) is 30.5 Å². The molecule has 0 aliphatic carbocycles. The molecular formula is C24H32O11. The molecule has 1 heterocycles. The van der Waals surface area contributed by atoms with Crippen molar-refractivity contribution in [2.24, 2.45) is 0 Å². The molecule has 2 aromatic rings. The lowest BCUT2D eigenvalue weighted by atomic mass is 9.99. The van der Waals surface area contributed by atoms with Gasteiger partial charge in [0.25, 0.3) is 0 Å². The van der Waals surface area contributed by atoms with Gasteiger partial charge in [0, 0.05) is 7.11 Å². The van der Waals surface area contributed by atoms with Gasteiger partial charge in [-0.1, -0.05) is 18.2 Å². The second-order valence-corrected chi connectivity index (χ2v) is 7.93. The Hall–Kier alpha value is -2.64. The fourth-order valence-electron chi connectivity index (χ4n) is 3.81. The quantitative estimate of drug-likeness (QED) is 0.293. The molecule has 0 saturated carbocycles. The average molecular weight is 497 g/mol. The van der Waals surface area contributed by atoms with E-state index in [-0.39, 0.29) is 18.1 Å². The number of rotatable bonds is 11. The number of benzene rings is 2. The maximum Gasteiger partial charge on any atom is 0.186 e. The molecule has 11 heteroatoms. The van der Waals surface area contributed by atoms with Crippen LogP contribution >= 0.6 is 0 Å². The predicted molar refractivity (Wildman–Crippen MR) is 122 cm³/mol. The Morgan fingerprint density at radius 1 is 0.886 bits per heavy atom. The van der Waals surface area contributed by atoms with E-state index in [0.717, 1.165) is 0 Å². The molecule has 1 aliphatic heterocycles. The summed E-state index contributed by atoms with van der Waals surface area (Å²) in [6.07, 6.45) is -8.57. The second-order valence-electron chi connectivity index (χ2n) is 7.93. The predicted octanol–water partition coefficient (Wildman–Crippen LogP) is 0.361. The maximum absolute atomic E-state index is 10.4. The molecule has 35 heavy (non-hydrogen) atoms. The minimum Gasteiger partial charge on any atom is -0.504 e. The lowest BCUT2D eigenvalue weighted by Gasteiger charge is -2.40. The number of ether oxygens (including phenoxy) is 6. The average Bonchev–Trinajstić information content (AvgIpc) is 2.88. The lowest BCUT2D eigenvalue weighted by Crippen LogP contribution is -2.59. The van der Waals surface area contributed by atoms with E-state index in [9.17, 15) is 25.5 Å². The van der Waals surface area contributed by atoms with Crippen molar-refractivity contribution in [1.29, 1.82) is 0 Å².